The Morgan fingerprint density at radius 2 is 1.57 bits per heavy atom. The summed E-state index contributed by atoms with van der Waals surface area (Å²) in [7, 11) is 0. The van der Waals surface area contributed by atoms with Crippen molar-refractivity contribution < 1.29 is 19.4 Å². The minimum Gasteiger partial charge on any atom is -0.506 e. The van der Waals surface area contributed by atoms with Crippen molar-refractivity contribution >= 4 is 34.5 Å². The molecule has 0 aromatic heterocycles. The topological polar surface area (TPSA) is 68.1 Å². The van der Waals surface area contributed by atoms with Gasteiger partial charge in [-0.2, -0.15) is 0 Å². The summed E-state index contributed by atoms with van der Waals surface area (Å²) in [6.07, 6.45) is 1.82. The third kappa shape index (κ3) is 6.22. The van der Waals surface area contributed by atoms with Gasteiger partial charge >= 0.3 is 5.97 Å². The maximum absolute atomic E-state index is 12.6. The first-order chi connectivity index (χ1) is 16.9. The van der Waals surface area contributed by atoms with Gasteiger partial charge in [0.15, 0.2) is 0 Å². The van der Waals surface area contributed by atoms with E-state index in [1.807, 2.05) is 61.5 Å². The molecular weight excluding hydrogens is 458 g/mol. The molecule has 0 bridgehead atoms. The molecule has 0 radical (unpaired) electrons. The predicted octanol–water partition coefficient (Wildman–Crippen LogP) is 7.08. The molecule has 1 aliphatic heterocycles. The minimum atomic E-state index is -0.591. The van der Waals surface area contributed by atoms with Crippen molar-refractivity contribution in [3.8, 4) is 5.75 Å². The van der Waals surface area contributed by atoms with Crippen LogP contribution in [0.3, 0.4) is 0 Å². The second-order valence-electron chi connectivity index (χ2n) is 8.15. The highest BCUT2D eigenvalue weighted by atomic mass is 32.2. The quantitative estimate of drug-likeness (QED) is 0.362. The Morgan fingerprint density at radius 3 is 2.20 bits per heavy atom. The van der Waals surface area contributed by atoms with Gasteiger partial charge in [0, 0.05) is 0 Å². The number of aliphatic imine (C=N–C) groups is 1. The number of aliphatic hydroxyl groups excluding tert-OH is 1. The molecule has 0 unspecified atom stereocenters. The molecule has 0 aliphatic carbocycles. The molecule has 35 heavy (non-hydrogen) atoms. The summed E-state index contributed by atoms with van der Waals surface area (Å²) in [5, 5.41) is 11.3. The zero-order valence-corrected chi connectivity index (χ0v) is 20.8. The van der Waals surface area contributed by atoms with Crippen LogP contribution in [0.25, 0.3) is 6.08 Å². The number of aliphatic hydroxyl groups is 1. The molecule has 1 aliphatic rings. The number of carbonyl (C=O) groups excluding carboxylic acids is 1. The average Bonchev–Trinajstić information content (AvgIpc) is 3.15. The van der Waals surface area contributed by atoms with Crippen LogP contribution in [0.4, 0.5) is 5.69 Å². The van der Waals surface area contributed by atoms with Gasteiger partial charge in [-0.15, -0.1) is 0 Å². The van der Waals surface area contributed by atoms with E-state index >= 15 is 0 Å². The van der Waals surface area contributed by atoms with E-state index in [1.54, 1.807) is 6.92 Å². The minimum absolute atomic E-state index is 0.0849. The van der Waals surface area contributed by atoms with E-state index in [1.165, 1.54) is 17.3 Å². The molecule has 0 fully saturated rings. The Balaban J connectivity index is 1.54. The van der Waals surface area contributed by atoms with Crippen molar-refractivity contribution in [2.24, 2.45) is 4.99 Å². The number of carbonyl (C=O) groups is 1. The summed E-state index contributed by atoms with van der Waals surface area (Å²) in [5.41, 5.74) is 5.08. The van der Waals surface area contributed by atoms with E-state index in [9.17, 15) is 9.90 Å². The van der Waals surface area contributed by atoms with Gasteiger partial charge in [0.25, 0.3) is 0 Å². The van der Waals surface area contributed by atoms with Gasteiger partial charge in [-0.3, -0.25) is 0 Å². The third-order valence-electron chi connectivity index (χ3n) is 5.34. The average molecular weight is 486 g/mol. The van der Waals surface area contributed by atoms with Gasteiger partial charge in [0.2, 0.25) is 0 Å². The van der Waals surface area contributed by atoms with Gasteiger partial charge in [-0.25, -0.2) is 9.79 Å². The van der Waals surface area contributed by atoms with Gasteiger partial charge in [0.05, 0.1) is 17.2 Å². The summed E-state index contributed by atoms with van der Waals surface area (Å²) in [4.78, 5) is 17.7. The predicted molar refractivity (Wildman–Crippen MR) is 142 cm³/mol. The first kappa shape index (κ1) is 24.4. The van der Waals surface area contributed by atoms with E-state index in [0.717, 1.165) is 22.4 Å². The van der Waals surface area contributed by atoms with Crippen LogP contribution in [0, 0.1) is 13.8 Å². The maximum atomic E-state index is 12.6. The third-order valence-corrected chi connectivity index (χ3v) is 6.36. The normalized spacial score (nSPS) is 15.6. The fraction of sp³-hybridized carbons (Fsp3) is 0.172. The molecule has 4 rings (SSSR count). The number of esters is 1. The zero-order valence-electron chi connectivity index (χ0n) is 19.9. The van der Waals surface area contributed by atoms with Crippen LogP contribution >= 0.6 is 11.8 Å². The molecule has 0 saturated carbocycles. The SMILES string of the molecule is CCOC(=O)C1=C(O)C(=Cc2ccc(OCc3ccc(C)cc3)cc2)SC1=Nc1ccc(C)cc1. The van der Waals surface area contributed by atoms with Crippen LogP contribution in [0.5, 0.6) is 5.75 Å². The number of hydrogen-bond acceptors (Lipinski definition) is 6. The second kappa shape index (κ2) is 11.1. The summed E-state index contributed by atoms with van der Waals surface area (Å²) < 4.78 is 11.1. The Labute approximate surface area is 209 Å². The van der Waals surface area contributed by atoms with Crippen molar-refractivity contribution in [1.29, 1.82) is 0 Å². The summed E-state index contributed by atoms with van der Waals surface area (Å²) in [6.45, 7) is 6.48. The smallest absolute Gasteiger partial charge is 0.344 e. The lowest BCUT2D eigenvalue weighted by Gasteiger charge is -2.07. The molecule has 1 heterocycles. The van der Waals surface area contributed by atoms with Crippen LogP contribution in [0.1, 0.15) is 29.2 Å². The Bertz CT molecular complexity index is 1290. The van der Waals surface area contributed by atoms with Crippen molar-refractivity contribution in [1.82, 2.24) is 0 Å². The van der Waals surface area contributed by atoms with Crippen LogP contribution in [-0.2, 0) is 16.1 Å². The van der Waals surface area contributed by atoms with Crippen LogP contribution in [0.15, 0.2) is 94.0 Å². The number of thioether (sulfide) groups is 1. The Kier molecular flexibility index (Phi) is 7.73. The highest BCUT2D eigenvalue weighted by molar-refractivity contribution is 8.18. The van der Waals surface area contributed by atoms with Crippen molar-refractivity contribution in [3.63, 3.8) is 0 Å². The molecule has 0 spiro atoms. The molecule has 3 aromatic carbocycles. The van der Waals surface area contributed by atoms with Crippen molar-refractivity contribution in [2.45, 2.75) is 27.4 Å². The summed E-state index contributed by atoms with van der Waals surface area (Å²) in [5.74, 6) is 0.0334. The molecule has 0 atom stereocenters. The van der Waals surface area contributed by atoms with Crippen molar-refractivity contribution in [2.75, 3.05) is 6.61 Å². The van der Waals surface area contributed by atoms with Crippen LogP contribution in [-0.4, -0.2) is 22.7 Å². The first-order valence-corrected chi connectivity index (χ1v) is 12.2. The molecular formula is C29H27NO4S. The van der Waals surface area contributed by atoms with Gasteiger partial charge in [-0.05, 0) is 62.2 Å². The second-order valence-corrected chi connectivity index (χ2v) is 9.18. The molecule has 3 aromatic rings. The standard InChI is InChI=1S/C29H27NO4S/c1-4-33-29(32)26-27(31)25(35-28(26)30-23-13-7-20(3)8-14-23)17-21-11-15-24(16-12-21)34-18-22-9-5-19(2)6-10-22/h5-17,31H,4,18H2,1-3H3. The fourth-order valence-electron chi connectivity index (χ4n) is 3.39. The number of hydrogen-bond donors (Lipinski definition) is 1. The number of rotatable bonds is 7. The monoisotopic (exact) mass is 485 g/mol. The lowest BCUT2D eigenvalue weighted by molar-refractivity contribution is -0.138. The highest BCUT2D eigenvalue weighted by Gasteiger charge is 2.33. The van der Waals surface area contributed by atoms with Crippen LogP contribution in [0.2, 0.25) is 0 Å². The fourth-order valence-corrected chi connectivity index (χ4v) is 4.43. The van der Waals surface area contributed by atoms with E-state index in [4.69, 9.17) is 9.47 Å². The number of nitrogens with zero attached hydrogens (tertiary/aromatic N) is 1. The number of ether oxygens (including phenoxy) is 2. The summed E-state index contributed by atoms with van der Waals surface area (Å²) in [6, 6.07) is 23.5. The van der Waals surface area contributed by atoms with Crippen molar-refractivity contribution in [3.05, 3.63) is 111 Å². The van der Waals surface area contributed by atoms with E-state index < -0.39 is 5.97 Å². The highest BCUT2D eigenvalue weighted by Crippen LogP contribution is 2.40. The molecule has 5 nitrogen and oxygen atoms in total. The molecule has 178 valence electrons. The lowest BCUT2D eigenvalue weighted by Crippen LogP contribution is -2.12. The largest absolute Gasteiger partial charge is 0.506 e. The maximum Gasteiger partial charge on any atom is 0.344 e. The number of benzene rings is 3. The lowest BCUT2D eigenvalue weighted by atomic mass is 10.1. The zero-order chi connectivity index (χ0) is 24.8. The van der Waals surface area contributed by atoms with E-state index in [0.29, 0.717) is 22.2 Å². The van der Waals surface area contributed by atoms with E-state index in [2.05, 4.69) is 36.2 Å². The van der Waals surface area contributed by atoms with Gasteiger partial charge < -0.3 is 14.6 Å². The number of aryl methyl sites for hydroxylation is 2. The first-order valence-electron chi connectivity index (χ1n) is 11.4. The molecule has 6 heteroatoms. The van der Waals surface area contributed by atoms with Crippen LogP contribution < -0.4 is 4.74 Å². The Hall–Kier alpha value is -3.77. The summed E-state index contributed by atoms with van der Waals surface area (Å²) >= 11 is 1.24. The van der Waals surface area contributed by atoms with Gasteiger partial charge in [-0.1, -0.05) is 71.4 Å². The molecule has 1 N–H and O–H groups in total. The molecule has 0 amide bonds. The Morgan fingerprint density at radius 1 is 0.943 bits per heavy atom. The molecule has 0 saturated heterocycles. The van der Waals surface area contributed by atoms with Gasteiger partial charge in [0.1, 0.15) is 28.7 Å². The van der Waals surface area contributed by atoms with E-state index in [-0.39, 0.29) is 17.9 Å².